The molecule has 1 N–H and O–H groups in total. The van der Waals surface area contributed by atoms with Crippen molar-refractivity contribution in [2.24, 2.45) is 0 Å². The van der Waals surface area contributed by atoms with Crippen molar-refractivity contribution in [2.75, 3.05) is 0 Å². The van der Waals surface area contributed by atoms with E-state index >= 15 is 0 Å². The predicted octanol–water partition coefficient (Wildman–Crippen LogP) is 16.9. The highest BCUT2D eigenvalue weighted by atomic mass is 19.3. The van der Waals surface area contributed by atoms with Crippen LogP contribution in [0.2, 0.25) is 0 Å². The summed E-state index contributed by atoms with van der Waals surface area (Å²) >= 11 is 0. The van der Waals surface area contributed by atoms with E-state index in [0.717, 1.165) is 63.3 Å². The Balaban J connectivity index is 0.000000231. The van der Waals surface area contributed by atoms with Gasteiger partial charge in [-0.05, 0) is 69.5 Å². The second-order valence-corrected chi connectivity index (χ2v) is 19.9. The molecule has 1 unspecified atom stereocenters. The standard InChI is InChI=1S/C50H44O6.C22H17F3O5/c1-6-16-37(17-7-1)32-51-43-30-46(52-33-38-18-8-2-9-19-38)44-26-27-45(56-47(44)31-43)42-28-48(53-34-39-20-10-3-11-21-39)50(55-36-41-24-14-5-15-25-41)49(29-42)54-35-40-22-12-4-13-23-40;23-18-16(21(26)27)11-17(30-22(24)25)19(28-12-14-7-3-1-4-8-14)20(18)29-13-15-9-5-2-6-10-15/h1-25,28-31,45H,26-27,32-36H2;1-11,22H,12-13H2,(H,26,27). The Morgan fingerprint density at radius 3 is 1.19 bits per heavy atom. The van der Waals surface area contributed by atoms with E-state index in [4.69, 9.17) is 37.9 Å². The lowest BCUT2D eigenvalue weighted by atomic mass is 9.96. The maximum absolute atomic E-state index is 14.9. The second-order valence-electron chi connectivity index (χ2n) is 19.9. The largest absolute Gasteiger partial charge is 0.489 e. The summed E-state index contributed by atoms with van der Waals surface area (Å²) < 4.78 is 95.6. The Morgan fingerprint density at radius 1 is 0.430 bits per heavy atom. The minimum Gasteiger partial charge on any atom is -0.489 e. The van der Waals surface area contributed by atoms with Crippen LogP contribution in [0.25, 0.3) is 0 Å². The van der Waals surface area contributed by atoms with Crippen molar-refractivity contribution in [2.45, 2.75) is 71.8 Å². The minimum absolute atomic E-state index is 0.103. The van der Waals surface area contributed by atoms with Gasteiger partial charge in [0.15, 0.2) is 23.1 Å². The van der Waals surface area contributed by atoms with Crippen LogP contribution >= 0.6 is 0 Å². The maximum Gasteiger partial charge on any atom is 0.387 e. The molecule has 0 saturated carbocycles. The zero-order valence-electron chi connectivity index (χ0n) is 46.8. The monoisotopic (exact) mass is 1160 g/mol. The third kappa shape index (κ3) is 16.5. The van der Waals surface area contributed by atoms with Crippen molar-refractivity contribution < 1.29 is 65.7 Å². The molecule has 1 atom stereocenters. The molecule has 10 aromatic carbocycles. The molecule has 1 aliphatic heterocycles. The van der Waals surface area contributed by atoms with Crippen LogP contribution in [0, 0.1) is 5.82 Å². The molecule has 0 aromatic heterocycles. The summed E-state index contributed by atoms with van der Waals surface area (Å²) in [5.41, 5.74) is 7.72. The number of carboxylic acid groups (broad SMARTS) is 1. The highest BCUT2D eigenvalue weighted by Gasteiger charge is 2.30. The number of ether oxygens (including phenoxy) is 9. The first-order chi connectivity index (χ1) is 42.2. The molecular formula is C72H61F3O11. The highest BCUT2D eigenvalue weighted by Crippen LogP contribution is 2.48. The molecule has 10 aromatic rings. The first kappa shape index (κ1) is 58.8. The summed E-state index contributed by atoms with van der Waals surface area (Å²) in [6.45, 7) is -1.58. The average molecular weight is 1160 g/mol. The molecule has 0 aliphatic carbocycles. The lowest BCUT2D eigenvalue weighted by Crippen LogP contribution is -2.17. The van der Waals surface area contributed by atoms with Crippen molar-refractivity contribution >= 4 is 5.97 Å². The van der Waals surface area contributed by atoms with Crippen LogP contribution in [0.15, 0.2) is 243 Å². The average Bonchev–Trinajstić information content (AvgIpc) is 3.00. The quantitative estimate of drug-likeness (QED) is 0.0589. The Labute approximate surface area is 497 Å². The van der Waals surface area contributed by atoms with E-state index in [2.05, 4.69) is 53.3 Å². The fraction of sp³-hybridized carbons (Fsp3) is 0.153. The molecule has 436 valence electrons. The van der Waals surface area contributed by atoms with Crippen LogP contribution in [0.3, 0.4) is 0 Å². The van der Waals surface area contributed by atoms with E-state index in [1.807, 2.05) is 127 Å². The topological polar surface area (TPSA) is 120 Å². The van der Waals surface area contributed by atoms with Gasteiger partial charge in [-0.15, -0.1) is 0 Å². The van der Waals surface area contributed by atoms with Gasteiger partial charge in [-0.25, -0.2) is 9.18 Å². The van der Waals surface area contributed by atoms with Gasteiger partial charge in [0.25, 0.3) is 0 Å². The number of halogens is 3. The minimum atomic E-state index is -3.28. The van der Waals surface area contributed by atoms with Gasteiger partial charge >= 0.3 is 12.6 Å². The summed E-state index contributed by atoms with van der Waals surface area (Å²) in [4.78, 5) is 11.4. The molecule has 1 aliphatic rings. The molecular weight excluding hydrogens is 1100 g/mol. The van der Waals surface area contributed by atoms with E-state index in [0.29, 0.717) is 73.2 Å². The lowest BCUT2D eigenvalue weighted by Gasteiger charge is -2.29. The van der Waals surface area contributed by atoms with Gasteiger partial charge in [0.2, 0.25) is 17.2 Å². The van der Waals surface area contributed by atoms with Gasteiger partial charge < -0.3 is 47.7 Å². The molecule has 11 nitrogen and oxygen atoms in total. The van der Waals surface area contributed by atoms with Gasteiger partial charge in [0.05, 0.1) is 0 Å². The molecule has 0 radical (unpaired) electrons. The highest BCUT2D eigenvalue weighted by molar-refractivity contribution is 5.90. The number of benzene rings is 10. The zero-order chi connectivity index (χ0) is 59.3. The first-order valence-electron chi connectivity index (χ1n) is 27.9. The van der Waals surface area contributed by atoms with Crippen LogP contribution in [0.4, 0.5) is 13.2 Å². The molecule has 0 saturated heterocycles. The normalized spacial score (nSPS) is 12.3. The van der Waals surface area contributed by atoms with Crippen molar-refractivity contribution in [3.63, 3.8) is 0 Å². The molecule has 0 fully saturated rings. The molecule has 86 heavy (non-hydrogen) atoms. The van der Waals surface area contributed by atoms with Crippen LogP contribution in [0.5, 0.6) is 51.7 Å². The molecule has 0 amide bonds. The van der Waals surface area contributed by atoms with E-state index in [-0.39, 0.29) is 19.3 Å². The van der Waals surface area contributed by atoms with Gasteiger partial charge in [0.1, 0.15) is 75.2 Å². The number of alkyl halides is 2. The van der Waals surface area contributed by atoms with E-state index in [1.165, 1.54) is 0 Å². The number of rotatable bonds is 25. The summed E-state index contributed by atoms with van der Waals surface area (Å²) in [5, 5.41) is 9.25. The van der Waals surface area contributed by atoms with Gasteiger partial charge in [-0.1, -0.05) is 212 Å². The third-order valence-corrected chi connectivity index (χ3v) is 13.7. The van der Waals surface area contributed by atoms with Gasteiger partial charge in [-0.3, -0.25) is 0 Å². The SMILES string of the molecule is O=C(O)c1cc(OC(F)F)c(OCc2ccccc2)c(OCc2ccccc2)c1F.c1ccc(COc2cc(OCc3ccccc3)c3c(c2)OC(c2cc(OCc4ccccc4)c(OCc4ccccc4)c(OCc4ccccc4)c2)CC3)cc1. The van der Waals surface area contributed by atoms with Crippen molar-refractivity contribution in [3.05, 3.63) is 304 Å². The lowest BCUT2D eigenvalue weighted by molar-refractivity contribution is -0.0519. The fourth-order valence-electron chi connectivity index (χ4n) is 9.36. The van der Waals surface area contributed by atoms with Crippen LogP contribution in [0.1, 0.15) is 73.0 Å². The first-order valence-corrected chi connectivity index (χ1v) is 27.9. The predicted molar refractivity (Wildman–Crippen MR) is 320 cm³/mol. The molecule has 1 heterocycles. The van der Waals surface area contributed by atoms with Crippen LogP contribution in [-0.2, 0) is 52.7 Å². The molecule has 0 spiro atoms. The van der Waals surface area contributed by atoms with Crippen LogP contribution in [-0.4, -0.2) is 17.7 Å². The van der Waals surface area contributed by atoms with Crippen molar-refractivity contribution in [3.8, 4) is 51.7 Å². The molecule has 11 rings (SSSR count). The van der Waals surface area contributed by atoms with Crippen molar-refractivity contribution in [1.29, 1.82) is 0 Å². The smallest absolute Gasteiger partial charge is 0.387 e. The zero-order valence-corrected chi connectivity index (χ0v) is 46.8. The molecule has 0 bridgehead atoms. The summed E-state index contributed by atoms with van der Waals surface area (Å²) in [5.74, 6) is -0.708. The Bertz CT molecular complexity index is 3670. The number of hydrogen-bond acceptors (Lipinski definition) is 10. The summed E-state index contributed by atoms with van der Waals surface area (Å²) in [7, 11) is 0. The fourth-order valence-corrected chi connectivity index (χ4v) is 9.36. The number of aromatic carboxylic acids is 1. The van der Waals surface area contributed by atoms with Gasteiger partial charge in [-0.2, -0.15) is 8.78 Å². The summed E-state index contributed by atoms with van der Waals surface area (Å²) in [6.07, 6.45) is 1.17. The number of fused-ring (bicyclic) bond motifs is 1. The Hall–Kier alpha value is -10.3. The van der Waals surface area contributed by atoms with Gasteiger partial charge in [0, 0.05) is 23.8 Å². The number of carbonyl (C=O) groups is 1. The Kier molecular flexibility index (Phi) is 20.4. The molecule has 14 heteroatoms. The maximum atomic E-state index is 14.9. The van der Waals surface area contributed by atoms with E-state index in [1.54, 1.807) is 60.7 Å². The van der Waals surface area contributed by atoms with E-state index < -0.39 is 41.2 Å². The third-order valence-electron chi connectivity index (χ3n) is 13.7. The second kappa shape index (κ2) is 29.8. The van der Waals surface area contributed by atoms with Crippen molar-refractivity contribution in [1.82, 2.24) is 0 Å². The number of hydrogen-bond donors (Lipinski definition) is 1. The summed E-state index contributed by atoms with van der Waals surface area (Å²) in [6, 6.07) is 76.8. The Morgan fingerprint density at radius 2 is 0.791 bits per heavy atom. The van der Waals surface area contributed by atoms with Crippen LogP contribution < -0.4 is 42.6 Å². The number of carboxylic acids is 1. The van der Waals surface area contributed by atoms with E-state index in [9.17, 15) is 23.1 Å².